The van der Waals surface area contributed by atoms with Gasteiger partial charge >= 0.3 is 5.97 Å². The normalized spacial score (nSPS) is 19.7. The number of aliphatic carboxylic acids is 1. The third kappa shape index (κ3) is 8.08. The van der Waals surface area contributed by atoms with E-state index in [0.717, 1.165) is 0 Å². The van der Waals surface area contributed by atoms with E-state index in [1.54, 1.807) is 0 Å². The van der Waals surface area contributed by atoms with Crippen LogP contribution in [0.1, 0.15) is 52.9 Å². The molecule has 0 aliphatic carbocycles. The Hall–Kier alpha value is -2.73. The summed E-state index contributed by atoms with van der Waals surface area (Å²) in [5.74, 6) is -3.85. The lowest BCUT2D eigenvalue weighted by Crippen LogP contribution is -2.57. The largest absolute Gasteiger partial charge is 0.480 e. The lowest BCUT2D eigenvalue weighted by molar-refractivity contribution is -0.144. The van der Waals surface area contributed by atoms with Crippen LogP contribution in [0, 0.1) is 5.92 Å². The third-order valence-electron chi connectivity index (χ3n) is 5.28. The Kier molecular flexibility index (Phi) is 10.5. The zero-order valence-electron chi connectivity index (χ0n) is 18.7. The van der Waals surface area contributed by atoms with Crippen LogP contribution in [-0.4, -0.2) is 81.5 Å². The SMILES string of the molecule is CC(C)CC(NC(=O)C1CCCN1C(=O)C(N)C(C)O)C(=O)NC(CCC(N)=O)C(=O)O. The Morgan fingerprint density at radius 2 is 1.72 bits per heavy atom. The standard InChI is InChI=1S/C20H35N5O7/c1-10(2)9-13(17(28)23-12(20(31)32)6-7-15(21)27)24-18(29)14-5-4-8-25(14)19(30)16(22)11(3)26/h10-14,16,26H,4-9,22H2,1-3H3,(H2,21,27)(H,23,28)(H,24,29)(H,31,32). The first kappa shape index (κ1) is 27.3. The van der Waals surface area contributed by atoms with Crippen molar-refractivity contribution in [2.24, 2.45) is 17.4 Å². The Balaban J connectivity index is 2.92. The summed E-state index contributed by atoms with van der Waals surface area (Å²) < 4.78 is 0. The van der Waals surface area contributed by atoms with Crippen molar-refractivity contribution in [1.82, 2.24) is 15.5 Å². The Morgan fingerprint density at radius 3 is 2.22 bits per heavy atom. The molecule has 4 amide bonds. The van der Waals surface area contributed by atoms with Crippen LogP contribution in [0.5, 0.6) is 0 Å². The molecule has 1 fully saturated rings. The molecule has 8 N–H and O–H groups in total. The Bertz CT molecular complexity index is 712. The van der Waals surface area contributed by atoms with Crippen molar-refractivity contribution in [3.63, 3.8) is 0 Å². The molecule has 5 unspecified atom stereocenters. The first-order valence-electron chi connectivity index (χ1n) is 10.7. The van der Waals surface area contributed by atoms with Crippen LogP contribution in [0.3, 0.4) is 0 Å². The number of rotatable bonds is 12. The van der Waals surface area contributed by atoms with Gasteiger partial charge in [0.15, 0.2) is 0 Å². The predicted octanol–water partition coefficient (Wildman–Crippen LogP) is -1.95. The fraction of sp³-hybridized carbons (Fsp3) is 0.750. The quantitative estimate of drug-likeness (QED) is 0.194. The van der Waals surface area contributed by atoms with Gasteiger partial charge in [-0.25, -0.2) is 4.79 Å². The Labute approximate surface area is 187 Å². The molecule has 1 heterocycles. The molecule has 0 aromatic rings. The topological polar surface area (TPSA) is 205 Å². The molecule has 32 heavy (non-hydrogen) atoms. The second kappa shape index (κ2) is 12.3. The molecule has 182 valence electrons. The van der Waals surface area contributed by atoms with Crippen molar-refractivity contribution in [2.45, 2.75) is 83.1 Å². The summed E-state index contributed by atoms with van der Waals surface area (Å²) in [6, 6.07) is -4.39. The highest BCUT2D eigenvalue weighted by atomic mass is 16.4. The van der Waals surface area contributed by atoms with Gasteiger partial charge in [-0.1, -0.05) is 13.8 Å². The highest BCUT2D eigenvalue weighted by molar-refractivity contribution is 5.94. The number of aliphatic hydroxyl groups is 1. The Morgan fingerprint density at radius 1 is 1.09 bits per heavy atom. The van der Waals surface area contributed by atoms with Crippen molar-refractivity contribution in [1.29, 1.82) is 0 Å². The van der Waals surface area contributed by atoms with Gasteiger partial charge in [0.2, 0.25) is 23.6 Å². The van der Waals surface area contributed by atoms with Crippen LogP contribution in [0.4, 0.5) is 0 Å². The van der Waals surface area contributed by atoms with E-state index in [-0.39, 0.29) is 25.2 Å². The first-order chi connectivity index (χ1) is 14.8. The summed E-state index contributed by atoms with van der Waals surface area (Å²) >= 11 is 0. The molecule has 0 spiro atoms. The zero-order valence-corrected chi connectivity index (χ0v) is 18.7. The number of likely N-dealkylation sites (tertiary alicyclic amines) is 1. The number of primary amides is 1. The third-order valence-corrected chi connectivity index (χ3v) is 5.28. The maximum absolute atomic E-state index is 12.9. The van der Waals surface area contributed by atoms with E-state index in [1.807, 2.05) is 13.8 Å². The molecule has 0 saturated carbocycles. The van der Waals surface area contributed by atoms with Gasteiger partial charge in [-0.15, -0.1) is 0 Å². The summed E-state index contributed by atoms with van der Waals surface area (Å²) in [5.41, 5.74) is 10.8. The van der Waals surface area contributed by atoms with Crippen molar-refractivity contribution in [2.75, 3.05) is 6.54 Å². The van der Waals surface area contributed by atoms with E-state index in [9.17, 15) is 34.2 Å². The summed E-state index contributed by atoms with van der Waals surface area (Å²) in [7, 11) is 0. The minimum Gasteiger partial charge on any atom is -0.480 e. The number of hydrogen-bond donors (Lipinski definition) is 6. The van der Waals surface area contributed by atoms with Crippen LogP contribution in [0.2, 0.25) is 0 Å². The molecule has 1 aliphatic rings. The van der Waals surface area contributed by atoms with Gasteiger partial charge in [0.25, 0.3) is 0 Å². The van der Waals surface area contributed by atoms with E-state index >= 15 is 0 Å². The van der Waals surface area contributed by atoms with Gasteiger partial charge in [0.05, 0.1) is 6.10 Å². The average Bonchev–Trinajstić information content (AvgIpc) is 3.18. The number of carboxylic acids is 1. The number of carboxylic acid groups (broad SMARTS) is 1. The lowest BCUT2D eigenvalue weighted by Gasteiger charge is -2.29. The van der Waals surface area contributed by atoms with E-state index in [2.05, 4.69) is 10.6 Å². The van der Waals surface area contributed by atoms with Crippen molar-refractivity contribution < 1.29 is 34.2 Å². The highest BCUT2D eigenvalue weighted by Crippen LogP contribution is 2.19. The number of aliphatic hydroxyl groups excluding tert-OH is 1. The first-order valence-corrected chi connectivity index (χ1v) is 10.7. The van der Waals surface area contributed by atoms with Gasteiger partial charge in [-0.2, -0.15) is 0 Å². The molecular formula is C20H35N5O7. The monoisotopic (exact) mass is 457 g/mol. The predicted molar refractivity (Wildman–Crippen MR) is 114 cm³/mol. The van der Waals surface area contributed by atoms with Crippen LogP contribution >= 0.6 is 0 Å². The summed E-state index contributed by atoms with van der Waals surface area (Å²) in [6.45, 7) is 5.35. The summed E-state index contributed by atoms with van der Waals surface area (Å²) in [5, 5.41) is 23.9. The molecule has 0 aromatic heterocycles. The van der Waals surface area contributed by atoms with E-state index in [1.165, 1.54) is 11.8 Å². The highest BCUT2D eigenvalue weighted by Gasteiger charge is 2.38. The van der Waals surface area contributed by atoms with Crippen LogP contribution < -0.4 is 22.1 Å². The fourth-order valence-corrected chi connectivity index (χ4v) is 3.49. The van der Waals surface area contributed by atoms with Crippen LogP contribution in [-0.2, 0) is 24.0 Å². The minimum atomic E-state index is -1.34. The fourth-order valence-electron chi connectivity index (χ4n) is 3.49. The molecule has 5 atom stereocenters. The molecule has 1 rings (SSSR count). The van der Waals surface area contributed by atoms with Crippen molar-refractivity contribution in [3.05, 3.63) is 0 Å². The second-order valence-corrected chi connectivity index (χ2v) is 8.55. The molecule has 12 heteroatoms. The van der Waals surface area contributed by atoms with Gasteiger partial charge < -0.3 is 37.2 Å². The molecule has 0 bridgehead atoms. The van der Waals surface area contributed by atoms with Gasteiger partial charge in [0.1, 0.15) is 24.2 Å². The molecular weight excluding hydrogens is 422 g/mol. The van der Waals surface area contributed by atoms with Gasteiger partial charge in [-0.05, 0) is 38.5 Å². The van der Waals surface area contributed by atoms with Gasteiger partial charge in [0, 0.05) is 13.0 Å². The number of nitrogens with zero attached hydrogens (tertiary/aromatic N) is 1. The maximum Gasteiger partial charge on any atom is 0.326 e. The maximum atomic E-state index is 12.9. The van der Waals surface area contributed by atoms with E-state index in [0.29, 0.717) is 19.4 Å². The van der Waals surface area contributed by atoms with E-state index < -0.39 is 59.9 Å². The second-order valence-electron chi connectivity index (χ2n) is 8.55. The number of carbonyl (C=O) groups is 5. The molecule has 12 nitrogen and oxygen atoms in total. The number of carbonyl (C=O) groups excluding carboxylic acids is 4. The van der Waals surface area contributed by atoms with Crippen LogP contribution in [0.15, 0.2) is 0 Å². The number of nitrogens with two attached hydrogens (primary N) is 2. The van der Waals surface area contributed by atoms with E-state index in [4.69, 9.17) is 11.5 Å². The molecule has 1 saturated heterocycles. The smallest absolute Gasteiger partial charge is 0.326 e. The lowest BCUT2D eigenvalue weighted by atomic mass is 10.0. The minimum absolute atomic E-state index is 0.00933. The van der Waals surface area contributed by atoms with Gasteiger partial charge in [-0.3, -0.25) is 19.2 Å². The molecule has 0 aromatic carbocycles. The summed E-state index contributed by atoms with van der Waals surface area (Å²) in [4.78, 5) is 61.9. The molecule has 0 radical (unpaired) electrons. The molecule has 1 aliphatic heterocycles. The number of hydrogen-bond acceptors (Lipinski definition) is 7. The zero-order chi connectivity index (χ0) is 24.6. The van der Waals surface area contributed by atoms with Crippen molar-refractivity contribution in [3.8, 4) is 0 Å². The number of amides is 4. The van der Waals surface area contributed by atoms with Crippen molar-refractivity contribution >= 4 is 29.6 Å². The number of nitrogens with one attached hydrogen (secondary N) is 2. The average molecular weight is 458 g/mol. The summed E-state index contributed by atoms with van der Waals surface area (Å²) in [6.07, 6.45) is -0.322. The van der Waals surface area contributed by atoms with Crippen LogP contribution in [0.25, 0.3) is 0 Å².